The van der Waals surface area contributed by atoms with E-state index in [1.807, 2.05) is 6.92 Å². The summed E-state index contributed by atoms with van der Waals surface area (Å²) in [5.41, 5.74) is 2.11. The summed E-state index contributed by atoms with van der Waals surface area (Å²) in [6.45, 7) is 1.99. The predicted molar refractivity (Wildman–Crippen MR) is 92.1 cm³/mol. The molecule has 8 heteroatoms. The summed E-state index contributed by atoms with van der Waals surface area (Å²) in [7, 11) is 0. The lowest BCUT2D eigenvalue weighted by atomic mass is 10.1. The molecule has 0 unspecified atom stereocenters. The number of rotatable bonds is 4. The molecular weight excluding hydrogens is 336 g/mol. The molecule has 3 aromatic heterocycles. The number of aryl methyl sites for hydroxylation is 1. The summed E-state index contributed by atoms with van der Waals surface area (Å²) in [6.07, 6.45) is 4.74. The number of amides is 1. The van der Waals surface area contributed by atoms with E-state index in [2.05, 4.69) is 15.4 Å². The third-order valence-electron chi connectivity index (χ3n) is 4.13. The second-order valence-corrected chi connectivity index (χ2v) is 5.82. The number of aromatic nitrogens is 3. The molecule has 0 bridgehead atoms. The molecule has 26 heavy (non-hydrogen) atoms. The average molecular weight is 350 g/mol. The number of carbonyl (C=O) groups excluding carboxylic acids is 1. The van der Waals surface area contributed by atoms with Gasteiger partial charge in [0.2, 0.25) is 0 Å². The fourth-order valence-electron chi connectivity index (χ4n) is 2.81. The van der Waals surface area contributed by atoms with Gasteiger partial charge < -0.3 is 14.8 Å². The van der Waals surface area contributed by atoms with Crippen LogP contribution in [-0.2, 0) is 6.54 Å². The van der Waals surface area contributed by atoms with Crippen molar-refractivity contribution in [3.8, 4) is 0 Å². The number of fused-ring (bicyclic) bond motifs is 2. The van der Waals surface area contributed by atoms with Crippen molar-refractivity contribution in [2.45, 2.75) is 13.5 Å². The maximum atomic E-state index is 12.4. The fourth-order valence-corrected chi connectivity index (χ4v) is 2.81. The number of aromatic carboxylic acids is 1. The maximum absolute atomic E-state index is 12.4. The van der Waals surface area contributed by atoms with Crippen molar-refractivity contribution in [1.29, 1.82) is 0 Å². The lowest BCUT2D eigenvalue weighted by Crippen LogP contribution is -2.22. The number of carbonyl (C=O) groups is 2. The van der Waals surface area contributed by atoms with Crippen LogP contribution in [0.1, 0.15) is 32.0 Å². The van der Waals surface area contributed by atoms with Gasteiger partial charge in [-0.2, -0.15) is 5.10 Å². The summed E-state index contributed by atoms with van der Waals surface area (Å²) < 4.78 is 7.18. The zero-order valence-electron chi connectivity index (χ0n) is 13.8. The van der Waals surface area contributed by atoms with E-state index >= 15 is 0 Å². The standard InChI is InChI=1S/C18H14N4O4/c1-10-3-4-12(18(24)25)15-13(10)7-11(26-15)8-20-17(23)14-9-21-22-6-2-5-19-16(14)22/h2-7,9H,8H2,1H3,(H,20,23)(H,24,25). The molecule has 4 rings (SSSR count). The predicted octanol–water partition coefficient (Wildman–Crippen LogP) is 2.41. The van der Waals surface area contributed by atoms with Crippen LogP contribution in [0.5, 0.6) is 0 Å². The van der Waals surface area contributed by atoms with Crippen LogP contribution in [0, 0.1) is 6.92 Å². The molecule has 0 saturated carbocycles. The Morgan fingerprint density at radius 1 is 1.31 bits per heavy atom. The summed E-state index contributed by atoms with van der Waals surface area (Å²) in [6, 6.07) is 6.70. The zero-order chi connectivity index (χ0) is 18.3. The Balaban J connectivity index is 1.60. The minimum atomic E-state index is -1.06. The van der Waals surface area contributed by atoms with Gasteiger partial charge in [0.25, 0.3) is 5.91 Å². The van der Waals surface area contributed by atoms with Crippen LogP contribution in [0.15, 0.2) is 47.3 Å². The first-order chi connectivity index (χ1) is 12.5. The summed E-state index contributed by atoms with van der Waals surface area (Å²) >= 11 is 0. The monoisotopic (exact) mass is 350 g/mol. The number of carboxylic acids is 1. The lowest BCUT2D eigenvalue weighted by Gasteiger charge is -2.01. The van der Waals surface area contributed by atoms with E-state index in [1.165, 1.54) is 16.8 Å². The van der Waals surface area contributed by atoms with Gasteiger partial charge >= 0.3 is 5.97 Å². The quantitative estimate of drug-likeness (QED) is 0.585. The van der Waals surface area contributed by atoms with Gasteiger partial charge in [-0.25, -0.2) is 14.3 Å². The smallest absolute Gasteiger partial charge is 0.339 e. The largest absolute Gasteiger partial charge is 0.478 e. The van der Waals surface area contributed by atoms with Crippen LogP contribution in [-0.4, -0.2) is 31.6 Å². The van der Waals surface area contributed by atoms with Crippen molar-refractivity contribution in [2.75, 3.05) is 0 Å². The Morgan fingerprint density at radius 3 is 2.96 bits per heavy atom. The third kappa shape index (κ3) is 2.57. The third-order valence-corrected chi connectivity index (χ3v) is 4.13. The van der Waals surface area contributed by atoms with Gasteiger partial charge in [0, 0.05) is 17.8 Å². The van der Waals surface area contributed by atoms with Gasteiger partial charge in [0.15, 0.2) is 5.65 Å². The number of nitrogens with zero attached hydrogens (tertiary/aromatic N) is 3. The molecule has 0 fully saturated rings. The molecule has 0 aliphatic rings. The van der Waals surface area contributed by atoms with E-state index in [0.717, 1.165) is 5.56 Å². The van der Waals surface area contributed by atoms with Gasteiger partial charge in [0.05, 0.1) is 12.7 Å². The maximum Gasteiger partial charge on any atom is 0.339 e. The summed E-state index contributed by atoms with van der Waals surface area (Å²) in [5, 5.41) is 16.8. The van der Waals surface area contributed by atoms with Crippen LogP contribution < -0.4 is 5.32 Å². The number of nitrogens with one attached hydrogen (secondary N) is 1. The van der Waals surface area contributed by atoms with Crippen LogP contribution in [0.4, 0.5) is 0 Å². The van der Waals surface area contributed by atoms with E-state index in [-0.39, 0.29) is 18.0 Å². The van der Waals surface area contributed by atoms with Crippen LogP contribution in [0.25, 0.3) is 16.6 Å². The Hall–Kier alpha value is -3.68. The number of carboxylic acid groups (broad SMARTS) is 1. The minimum Gasteiger partial charge on any atom is -0.478 e. The molecule has 4 aromatic rings. The summed E-state index contributed by atoms with van der Waals surface area (Å²) in [5.74, 6) is -0.929. The Kier molecular flexibility index (Phi) is 3.65. The number of hydrogen-bond donors (Lipinski definition) is 2. The van der Waals surface area contributed by atoms with Gasteiger partial charge in [-0.1, -0.05) is 6.07 Å². The molecule has 2 N–H and O–H groups in total. The van der Waals surface area contributed by atoms with Crippen molar-refractivity contribution in [3.05, 3.63) is 65.3 Å². The molecule has 0 aliphatic heterocycles. The van der Waals surface area contributed by atoms with E-state index < -0.39 is 5.97 Å². The van der Waals surface area contributed by atoms with Crippen LogP contribution >= 0.6 is 0 Å². The first-order valence-electron chi connectivity index (χ1n) is 7.86. The lowest BCUT2D eigenvalue weighted by molar-refractivity contribution is 0.0697. The molecule has 1 aromatic carbocycles. The fraction of sp³-hybridized carbons (Fsp3) is 0.111. The van der Waals surface area contributed by atoms with E-state index in [9.17, 15) is 14.7 Å². The van der Waals surface area contributed by atoms with E-state index in [4.69, 9.17) is 4.42 Å². The van der Waals surface area contributed by atoms with Gasteiger partial charge in [-0.3, -0.25) is 4.79 Å². The minimum absolute atomic E-state index is 0.0926. The molecule has 0 radical (unpaired) electrons. The molecule has 130 valence electrons. The van der Waals surface area contributed by atoms with Gasteiger partial charge in [-0.15, -0.1) is 0 Å². The van der Waals surface area contributed by atoms with Gasteiger partial charge in [0.1, 0.15) is 22.5 Å². The second-order valence-electron chi connectivity index (χ2n) is 5.82. The van der Waals surface area contributed by atoms with Crippen molar-refractivity contribution >= 4 is 28.5 Å². The molecule has 0 aliphatic carbocycles. The highest BCUT2D eigenvalue weighted by atomic mass is 16.4. The topological polar surface area (TPSA) is 110 Å². The highest BCUT2D eigenvalue weighted by Gasteiger charge is 2.17. The molecule has 0 saturated heterocycles. The normalized spacial score (nSPS) is 11.1. The average Bonchev–Trinajstić information content (AvgIpc) is 3.24. The van der Waals surface area contributed by atoms with E-state index in [1.54, 1.807) is 30.6 Å². The number of hydrogen-bond acceptors (Lipinski definition) is 5. The second kappa shape index (κ2) is 5.99. The molecule has 8 nitrogen and oxygen atoms in total. The number of benzene rings is 1. The molecule has 3 heterocycles. The first kappa shape index (κ1) is 15.8. The Labute approximate surface area is 147 Å². The van der Waals surface area contributed by atoms with Crippen LogP contribution in [0.3, 0.4) is 0 Å². The Bertz CT molecular complexity index is 1160. The SMILES string of the molecule is Cc1ccc(C(=O)O)c2oc(CNC(=O)c3cnn4cccnc34)cc12. The van der Waals surface area contributed by atoms with Gasteiger partial charge in [-0.05, 0) is 30.7 Å². The highest BCUT2D eigenvalue weighted by molar-refractivity contribution is 6.02. The van der Waals surface area contributed by atoms with E-state index in [0.29, 0.717) is 27.9 Å². The first-order valence-corrected chi connectivity index (χ1v) is 7.86. The Morgan fingerprint density at radius 2 is 2.15 bits per heavy atom. The zero-order valence-corrected chi connectivity index (χ0v) is 13.8. The number of furan rings is 1. The highest BCUT2D eigenvalue weighted by Crippen LogP contribution is 2.26. The van der Waals surface area contributed by atoms with Crippen molar-refractivity contribution in [1.82, 2.24) is 19.9 Å². The molecular formula is C18H14N4O4. The van der Waals surface area contributed by atoms with Crippen LogP contribution in [0.2, 0.25) is 0 Å². The van der Waals surface area contributed by atoms with Crippen molar-refractivity contribution in [2.24, 2.45) is 0 Å². The molecule has 0 spiro atoms. The molecule has 0 atom stereocenters. The van der Waals surface area contributed by atoms with Crippen molar-refractivity contribution < 1.29 is 19.1 Å². The molecule has 1 amide bonds. The van der Waals surface area contributed by atoms with Crippen molar-refractivity contribution in [3.63, 3.8) is 0 Å². The summed E-state index contributed by atoms with van der Waals surface area (Å²) in [4.78, 5) is 27.9.